The van der Waals surface area contributed by atoms with Crippen molar-refractivity contribution in [3.8, 4) is 5.75 Å². The predicted molar refractivity (Wildman–Crippen MR) is 84.7 cm³/mol. The van der Waals surface area contributed by atoms with Crippen molar-refractivity contribution in [3.05, 3.63) is 57.0 Å². The molecule has 0 fully saturated rings. The minimum Gasteiger partial charge on any atom is -0.484 e. The Balaban J connectivity index is 1.89. The Labute approximate surface area is 135 Å². The number of rotatable bonds is 4. The third-order valence-electron chi connectivity index (χ3n) is 2.39. The van der Waals surface area contributed by atoms with Crippen LogP contribution in [0.1, 0.15) is 0 Å². The molecule has 0 bridgehead atoms. The number of hydrogen-bond donors (Lipinski definition) is 1. The Morgan fingerprint density at radius 1 is 1.10 bits per heavy atom. The van der Waals surface area contributed by atoms with Crippen LogP contribution in [0, 0.1) is 0 Å². The SMILES string of the molecule is O=C(COc1ccc(Br)cc1)Nc1ccc(Cl)c(Cl)c1. The summed E-state index contributed by atoms with van der Waals surface area (Å²) < 4.78 is 6.31. The van der Waals surface area contributed by atoms with E-state index in [4.69, 9.17) is 27.9 Å². The molecule has 0 saturated carbocycles. The monoisotopic (exact) mass is 373 g/mol. The maximum Gasteiger partial charge on any atom is 0.262 e. The van der Waals surface area contributed by atoms with Gasteiger partial charge in [0.05, 0.1) is 10.0 Å². The van der Waals surface area contributed by atoms with Gasteiger partial charge in [-0.25, -0.2) is 0 Å². The lowest BCUT2D eigenvalue weighted by Gasteiger charge is -2.08. The minimum absolute atomic E-state index is 0.0815. The highest BCUT2D eigenvalue weighted by Gasteiger charge is 2.05. The van der Waals surface area contributed by atoms with Crippen LogP contribution < -0.4 is 10.1 Å². The number of carbonyl (C=O) groups excluding carboxylic acids is 1. The molecule has 0 heterocycles. The number of anilines is 1. The third-order valence-corrected chi connectivity index (χ3v) is 3.65. The van der Waals surface area contributed by atoms with Crippen LogP contribution in [0.15, 0.2) is 46.9 Å². The first-order valence-corrected chi connectivity index (χ1v) is 7.23. The smallest absolute Gasteiger partial charge is 0.262 e. The van der Waals surface area contributed by atoms with E-state index in [9.17, 15) is 4.79 Å². The van der Waals surface area contributed by atoms with E-state index in [-0.39, 0.29) is 12.5 Å². The molecule has 0 spiro atoms. The summed E-state index contributed by atoms with van der Waals surface area (Å²) in [4.78, 5) is 11.7. The van der Waals surface area contributed by atoms with E-state index < -0.39 is 0 Å². The fourth-order valence-corrected chi connectivity index (χ4v) is 2.01. The van der Waals surface area contributed by atoms with Crippen LogP contribution in [-0.4, -0.2) is 12.5 Å². The van der Waals surface area contributed by atoms with E-state index >= 15 is 0 Å². The highest BCUT2D eigenvalue weighted by atomic mass is 79.9. The van der Waals surface area contributed by atoms with E-state index in [0.717, 1.165) is 4.47 Å². The second-order valence-electron chi connectivity index (χ2n) is 3.92. The molecule has 2 aromatic carbocycles. The minimum atomic E-state index is -0.272. The van der Waals surface area contributed by atoms with Gasteiger partial charge in [-0.1, -0.05) is 39.1 Å². The van der Waals surface area contributed by atoms with E-state index in [1.165, 1.54) is 0 Å². The number of halogens is 3. The summed E-state index contributed by atoms with van der Waals surface area (Å²) in [6.07, 6.45) is 0. The van der Waals surface area contributed by atoms with E-state index in [2.05, 4.69) is 21.2 Å². The van der Waals surface area contributed by atoms with Crippen molar-refractivity contribution in [3.63, 3.8) is 0 Å². The summed E-state index contributed by atoms with van der Waals surface area (Å²) in [7, 11) is 0. The molecule has 104 valence electrons. The number of hydrogen-bond acceptors (Lipinski definition) is 2. The lowest BCUT2D eigenvalue weighted by Crippen LogP contribution is -2.20. The fraction of sp³-hybridized carbons (Fsp3) is 0.0714. The van der Waals surface area contributed by atoms with Gasteiger partial charge in [-0.3, -0.25) is 4.79 Å². The summed E-state index contributed by atoms with van der Waals surface area (Å²) in [5, 5.41) is 3.50. The molecule has 0 aliphatic heterocycles. The van der Waals surface area contributed by atoms with Crippen molar-refractivity contribution < 1.29 is 9.53 Å². The zero-order valence-corrected chi connectivity index (χ0v) is 13.3. The first-order valence-electron chi connectivity index (χ1n) is 5.68. The normalized spacial score (nSPS) is 10.2. The zero-order chi connectivity index (χ0) is 14.5. The Morgan fingerprint density at radius 3 is 2.45 bits per heavy atom. The molecule has 1 amide bonds. The summed E-state index contributed by atoms with van der Waals surface area (Å²) >= 11 is 15.0. The van der Waals surface area contributed by atoms with Gasteiger partial charge in [0, 0.05) is 10.2 Å². The maximum atomic E-state index is 11.7. The van der Waals surface area contributed by atoms with Gasteiger partial charge >= 0.3 is 0 Å². The van der Waals surface area contributed by atoms with Crippen LogP contribution in [0.5, 0.6) is 5.75 Å². The van der Waals surface area contributed by atoms with Crippen molar-refractivity contribution in [1.29, 1.82) is 0 Å². The molecule has 0 aromatic heterocycles. The highest BCUT2D eigenvalue weighted by Crippen LogP contribution is 2.25. The van der Waals surface area contributed by atoms with Crippen molar-refractivity contribution in [2.24, 2.45) is 0 Å². The van der Waals surface area contributed by atoms with Gasteiger partial charge in [-0.15, -0.1) is 0 Å². The number of amides is 1. The topological polar surface area (TPSA) is 38.3 Å². The number of nitrogens with one attached hydrogen (secondary N) is 1. The van der Waals surface area contributed by atoms with Gasteiger partial charge < -0.3 is 10.1 Å². The molecule has 0 atom stereocenters. The molecule has 0 saturated heterocycles. The van der Waals surface area contributed by atoms with Crippen LogP contribution in [0.25, 0.3) is 0 Å². The van der Waals surface area contributed by atoms with Crippen LogP contribution >= 0.6 is 39.1 Å². The third kappa shape index (κ3) is 4.40. The van der Waals surface area contributed by atoms with E-state index in [0.29, 0.717) is 21.5 Å². The lowest BCUT2D eigenvalue weighted by molar-refractivity contribution is -0.118. The van der Waals surface area contributed by atoms with Crippen LogP contribution in [0.4, 0.5) is 5.69 Å². The number of carbonyl (C=O) groups is 1. The average molecular weight is 375 g/mol. The summed E-state index contributed by atoms with van der Waals surface area (Å²) in [6, 6.07) is 12.1. The Morgan fingerprint density at radius 2 is 1.80 bits per heavy atom. The molecule has 2 rings (SSSR count). The summed E-state index contributed by atoms with van der Waals surface area (Å²) in [6.45, 7) is -0.0815. The molecule has 2 aromatic rings. The van der Waals surface area contributed by atoms with Gasteiger partial charge in [0.1, 0.15) is 5.75 Å². The molecule has 0 unspecified atom stereocenters. The van der Waals surface area contributed by atoms with Crippen LogP contribution in [0.3, 0.4) is 0 Å². The molecule has 3 nitrogen and oxygen atoms in total. The highest BCUT2D eigenvalue weighted by molar-refractivity contribution is 9.10. The Hall–Kier alpha value is -1.23. The molecule has 20 heavy (non-hydrogen) atoms. The second kappa shape index (κ2) is 6.97. The first kappa shape index (κ1) is 15.2. The molecule has 0 radical (unpaired) electrons. The predicted octanol–water partition coefficient (Wildman–Crippen LogP) is 4.77. The average Bonchev–Trinajstić information content (AvgIpc) is 2.42. The lowest BCUT2D eigenvalue weighted by atomic mass is 10.3. The fourth-order valence-electron chi connectivity index (χ4n) is 1.45. The van der Waals surface area contributed by atoms with Gasteiger partial charge in [0.2, 0.25) is 0 Å². The van der Waals surface area contributed by atoms with Crippen molar-refractivity contribution >= 4 is 50.7 Å². The zero-order valence-electron chi connectivity index (χ0n) is 10.2. The van der Waals surface area contributed by atoms with Gasteiger partial charge in [-0.05, 0) is 42.5 Å². The van der Waals surface area contributed by atoms with Crippen molar-refractivity contribution in [1.82, 2.24) is 0 Å². The Kier molecular flexibility index (Phi) is 5.29. The van der Waals surface area contributed by atoms with Gasteiger partial charge in [0.15, 0.2) is 6.61 Å². The standard InChI is InChI=1S/C14H10BrCl2NO2/c15-9-1-4-11(5-2-9)20-8-14(19)18-10-3-6-12(16)13(17)7-10/h1-7H,8H2,(H,18,19). The first-order chi connectivity index (χ1) is 9.54. The van der Waals surface area contributed by atoms with Crippen molar-refractivity contribution in [2.75, 3.05) is 11.9 Å². The Bertz CT molecular complexity index is 617. The second-order valence-corrected chi connectivity index (χ2v) is 5.65. The number of ether oxygens (including phenoxy) is 1. The van der Waals surface area contributed by atoms with Crippen molar-refractivity contribution in [2.45, 2.75) is 0 Å². The van der Waals surface area contributed by atoms with E-state index in [1.54, 1.807) is 30.3 Å². The van der Waals surface area contributed by atoms with Crippen LogP contribution in [0.2, 0.25) is 10.0 Å². The summed E-state index contributed by atoms with van der Waals surface area (Å²) in [5.74, 6) is 0.351. The maximum absolute atomic E-state index is 11.7. The van der Waals surface area contributed by atoms with Gasteiger partial charge in [-0.2, -0.15) is 0 Å². The molecular weight excluding hydrogens is 365 g/mol. The van der Waals surface area contributed by atoms with Gasteiger partial charge in [0.25, 0.3) is 5.91 Å². The summed E-state index contributed by atoms with van der Waals surface area (Å²) in [5.41, 5.74) is 0.573. The van der Waals surface area contributed by atoms with E-state index in [1.807, 2.05) is 12.1 Å². The van der Waals surface area contributed by atoms with Crippen LogP contribution in [-0.2, 0) is 4.79 Å². The molecular formula is C14H10BrCl2NO2. The quantitative estimate of drug-likeness (QED) is 0.836. The number of benzene rings is 2. The molecule has 0 aliphatic rings. The molecule has 1 N–H and O–H groups in total. The largest absolute Gasteiger partial charge is 0.484 e. The molecule has 0 aliphatic carbocycles. The molecule has 6 heteroatoms.